The van der Waals surface area contributed by atoms with Crippen molar-refractivity contribution in [3.8, 4) is 5.75 Å². The van der Waals surface area contributed by atoms with Crippen LogP contribution in [0, 0.1) is 0 Å². The van der Waals surface area contributed by atoms with Crippen molar-refractivity contribution in [1.82, 2.24) is 0 Å². The van der Waals surface area contributed by atoms with Crippen molar-refractivity contribution < 1.29 is 4.74 Å². The van der Waals surface area contributed by atoms with Gasteiger partial charge in [0.25, 0.3) is 0 Å². The summed E-state index contributed by atoms with van der Waals surface area (Å²) in [5.41, 5.74) is 2.84. The number of rotatable bonds is 1. The maximum absolute atomic E-state index is 5.57. The second-order valence-electron chi connectivity index (χ2n) is 4.05. The normalized spacial score (nSPS) is 19.6. The van der Waals surface area contributed by atoms with Gasteiger partial charge in [0.1, 0.15) is 5.75 Å². The number of anilines is 1. The summed E-state index contributed by atoms with van der Waals surface area (Å²) < 4.78 is 5.57. The number of benzene rings is 1. The Kier molecular flexibility index (Phi) is 1.86. The molecule has 0 amide bonds. The molecule has 0 saturated carbocycles. The molecule has 74 valence electrons. The molecule has 0 aromatic heterocycles. The maximum atomic E-state index is 5.57. The SMILES string of the molecule is c1cc2c(c(N3CCCC3)c1)CCO2. The molecule has 3 rings (SSSR count). The molecule has 0 bridgehead atoms. The molecule has 2 heteroatoms. The summed E-state index contributed by atoms with van der Waals surface area (Å²) in [6.45, 7) is 3.30. The van der Waals surface area contributed by atoms with Crippen LogP contribution in [-0.4, -0.2) is 19.7 Å². The van der Waals surface area contributed by atoms with Crippen molar-refractivity contribution in [3.63, 3.8) is 0 Å². The van der Waals surface area contributed by atoms with Crippen LogP contribution in [0.5, 0.6) is 5.75 Å². The molecule has 2 heterocycles. The van der Waals surface area contributed by atoms with Crippen molar-refractivity contribution in [3.05, 3.63) is 23.8 Å². The van der Waals surface area contributed by atoms with E-state index in [0.29, 0.717) is 0 Å². The molecule has 1 aromatic rings. The van der Waals surface area contributed by atoms with Crippen molar-refractivity contribution >= 4 is 5.69 Å². The molecule has 14 heavy (non-hydrogen) atoms. The predicted molar refractivity (Wildman–Crippen MR) is 57.1 cm³/mol. The van der Waals surface area contributed by atoms with Crippen LogP contribution >= 0.6 is 0 Å². The maximum Gasteiger partial charge on any atom is 0.124 e. The van der Waals surface area contributed by atoms with Crippen LogP contribution in [0.2, 0.25) is 0 Å². The van der Waals surface area contributed by atoms with Crippen molar-refractivity contribution in [1.29, 1.82) is 0 Å². The zero-order chi connectivity index (χ0) is 9.38. The van der Waals surface area contributed by atoms with E-state index < -0.39 is 0 Å². The molecule has 1 aromatic carbocycles. The average Bonchev–Trinajstić information content (AvgIpc) is 2.88. The average molecular weight is 189 g/mol. The Morgan fingerprint density at radius 1 is 1.14 bits per heavy atom. The highest BCUT2D eigenvalue weighted by Crippen LogP contribution is 2.35. The minimum Gasteiger partial charge on any atom is -0.493 e. The van der Waals surface area contributed by atoms with E-state index in [1.807, 2.05) is 0 Å². The lowest BCUT2D eigenvalue weighted by atomic mass is 10.1. The van der Waals surface area contributed by atoms with Crippen LogP contribution in [0.1, 0.15) is 18.4 Å². The third kappa shape index (κ3) is 1.17. The molecule has 1 fully saturated rings. The molecule has 0 aliphatic carbocycles. The summed E-state index contributed by atoms with van der Waals surface area (Å²) in [7, 11) is 0. The topological polar surface area (TPSA) is 12.5 Å². The van der Waals surface area contributed by atoms with Gasteiger partial charge in [-0.1, -0.05) is 6.07 Å². The first-order valence-electron chi connectivity index (χ1n) is 5.45. The lowest BCUT2D eigenvalue weighted by Crippen LogP contribution is -2.18. The Hall–Kier alpha value is -1.18. The lowest BCUT2D eigenvalue weighted by molar-refractivity contribution is 0.357. The molecule has 0 radical (unpaired) electrons. The standard InChI is InChI=1S/C12H15NO/c1-2-8-13(7-1)11-4-3-5-12-10(11)6-9-14-12/h3-5H,1-2,6-9H2. The highest BCUT2D eigenvalue weighted by Gasteiger charge is 2.21. The Morgan fingerprint density at radius 3 is 2.86 bits per heavy atom. The van der Waals surface area contributed by atoms with Crippen LogP contribution < -0.4 is 9.64 Å². The first-order chi connectivity index (χ1) is 6.95. The summed E-state index contributed by atoms with van der Waals surface area (Å²) in [4.78, 5) is 2.49. The van der Waals surface area contributed by atoms with Gasteiger partial charge in [0, 0.05) is 30.8 Å². The van der Waals surface area contributed by atoms with Gasteiger partial charge in [-0.25, -0.2) is 0 Å². The zero-order valence-corrected chi connectivity index (χ0v) is 8.33. The molecular formula is C12H15NO. The van der Waals surface area contributed by atoms with E-state index in [0.717, 1.165) is 18.8 Å². The zero-order valence-electron chi connectivity index (χ0n) is 8.33. The van der Waals surface area contributed by atoms with Gasteiger partial charge in [0.15, 0.2) is 0 Å². The second kappa shape index (κ2) is 3.19. The Labute approximate surface area is 84.5 Å². The minimum absolute atomic E-state index is 0.861. The summed E-state index contributed by atoms with van der Waals surface area (Å²) in [5, 5.41) is 0. The highest BCUT2D eigenvalue weighted by molar-refractivity contribution is 5.61. The van der Waals surface area contributed by atoms with Crippen molar-refractivity contribution in [2.24, 2.45) is 0 Å². The van der Waals surface area contributed by atoms with Crippen molar-refractivity contribution in [2.45, 2.75) is 19.3 Å². The molecular weight excluding hydrogens is 174 g/mol. The van der Waals surface area contributed by atoms with E-state index in [1.165, 1.54) is 37.2 Å². The number of ether oxygens (including phenoxy) is 1. The van der Waals surface area contributed by atoms with E-state index in [4.69, 9.17) is 4.74 Å². The predicted octanol–water partition coefficient (Wildman–Crippen LogP) is 2.22. The molecule has 2 aliphatic heterocycles. The fourth-order valence-corrected chi connectivity index (χ4v) is 2.46. The largest absolute Gasteiger partial charge is 0.493 e. The minimum atomic E-state index is 0.861. The molecule has 2 aliphatic rings. The number of nitrogens with zero attached hydrogens (tertiary/aromatic N) is 1. The third-order valence-electron chi connectivity index (χ3n) is 3.16. The van der Waals surface area contributed by atoms with Gasteiger partial charge >= 0.3 is 0 Å². The van der Waals surface area contributed by atoms with Gasteiger partial charge in [-0.15, -0.1) is 0 Å². The molecule has 0 unspecified atom stereocenters. The second-order valence-corrected chi connectivity index (χ2v) is 4.05. The molecule has 0 atom stereocenters. The van der Waals surface area contributed by atoms with E-state index in [-0.39, 0.29) is 0 Å². The van der Waals surface area contributed by atoms with E-state index >= 15 is 0 Å². The molecule has 0 N–H and O–H groups in total. The highest BCUT2D eigenvalue weighted by atomic mass is 16.5. The molecule has 1 saturated heterocycles. The summed E-state index contributed by atoms with van der Waals surface area (Å²) in [6, 6.07) is 6.43. The van der Waals surface area contributed by atoms with Gasteiger partial charge in [-0.3, -0.25) is 0 Å². The number of hydrogen-bond acceptors (Lipinski definition) is 2. The van der Waals surface area contributed by atoms with Crippen LogP contribution in [0.15, 0.2) is 18.2 Å². The quantitative estimate of drug-likeness (QED) is 0.671. The van der Waals surface area contributed by atoms with E-state index in [9.17, 15) is 0 Å². The fourth-order valence-electron chi connectivity index (χ4n) is 2.46. The van der Waals surface area contributed by atoms with Gasteiger partial charge in [-0.2, -0.15) is 0 Å². The van der Waals surface area contributed by atoms with Crippen LogP contribution in [-0.2, 0) is 6.42 Å². The Bertz CT molecular complexity index is 342. The molecule has 0 spiro atoms. The van der Waals surface area contributed by atoms with Crippen LogP contribution in [0.3, 0.4) is 0 Å². The van der Waals surface area contributed by atoms with E-state index in [1.54, 1.807) is 0 Å². The fraction of sp³-hybridized carbons (Fsp3) is 0.500. The Balaban J connectivity index is 2.00. The van der Waals surface area contributed by atoms with Crippen LogP contribution in [0.4, 0.5) is 5.69 Å². The van der Waals surface area contributed by atoms with Gasteiger partial charge in [0.05, 0.1) is 6.61 Å². The Morgan fingerprint density at radius 2 is 2.00 bits per heavy atom. The smallest absolute Gasteiger partial charge is 0.124 e. The summed E-state index contributed by atoms with van der Waals surface area (Å²) >= 11 is 0. The monoisotopic (exact) mass is 189 g/mol. The van der Waals surface area contributed by atoms with E-state index in [2.05, 4.69) is 23.1 Å². The summed E-state index contributed by atoms with van der Waals surface area (Å²) in [5.74, 6) is 1.11. The molecule has 2 nitrogen and oxygen atoms in total. The van der Waals surface area contributed by atoms with Gasteiger partial charge in [0.2, 0.25) is 0 Å². The number of fused-ring (bicyclic) bond motifs is 1. The first kappa shape index (κ1) is 8.16. The number of hydrogen-bond donors (Lipinski definition) is 0. The lowest BCUT2D eigenvalue weighted by Gasteiger charge is -2.20. The summed E-state index contributed by atoms with van der Waals surface area (Å²) in [6.07, 6.45) is 3.76. The van der Waals surface area contributed by atoms with Gasteiger partial charge < -0.3 is 9.64 Å². The third-order valence-corrected chi connectivity index (χ3v) is 3.16. The first-order valence-corrected chi connectivity index (χ1v) is 5.45. The van der Waals surface area contributed by atoms with Crippen LogP contribution in [0.25, 0.3) is 0 Å². The van der Waals surface area contributed by atoms with Gasteiger partial charge in [-0.05, 0) is 25.0 Å². The van der Waals surface area contributed by atoms with Crippen molar-refractivity contribution in [2.75, 3.05) is 24.6 Å².